The summed E-state index contributed by atoms with van der Waals surface area (Å²) in [5.41, 5.74) is 4.19. The second kappa shape index (κ2) is 5.48. The van der Waals surface area contributed by atoms with E-state index in [2.05, 4.69) is 66.4 Å². The highest BCUT2D eigenvalue weighted by atomic mass is 15.1. The van der Waals surface area contributed by atoms with Gasteiger partial charge in [-0.2, -0.15) is 0 Å². The molecule has 1 heterocycles. The van der Waals surface area contributed by atoms with Gasteiger partial charge >= 0.3 is 0 Å². The maximum atomic E-state index is 2.53. The third-order valence-electron chi connectivity index (χ3n) is 4.09. The first-order valence-corrected chi connectivity index (χ1v) is 7.19. The molecule has 1 saturated heterocycles. The van der Waals surface area contributed by atoms with Gasteiger partial charge < -0.3 is 4.90 Å². The molecule has 1 fully saturated rings. The van der Waals surface area contributed by atoms with Crippen molar-refractivity contribution in [3.63, 3.8) is 0 Å². The molecular weight excluding hydrogens is 230 g/mol. The summed E-state index contributed by atoms with van der Waals surface area (Å²) in [4.78, 5) is 2.53. The predicted octanol–water partition coefficient (Wildman–Crippen LogP) is 4.38. The smallest absolute Gasteiger partial charge is 0.0366 e. The molecule has 19 heavy (non-hydrogen) atoms. The second-order valence-electron chi connectivity index (χ2n) is 5.53. The molecule has 0 N–H and O–H groups in total. The number of benzene rings is 2. The van der Waals surface area contributed by atoms with Gasteiger partial charge in [0.25, 0.3) is 0 Å². The Hall–Kier alpha value is -1.76. The molecule has 2 aromatic carbocycles. The maximum absolute atomic E-state index is 2.53. The van der Waals surface area contributed by atoms with Crippen LogP contribution in [0.5, 0.6) is 0 Å². The van der Waals surface area contributed by atoms with Crippen LogP contribution in [0.4, 0.5) is 5.69 Å². The van der Waals surface area contributed by atoms with Gasteiger partial charge in [-0.3, -0.25) is 0 Å². The SMILES string of the molecule is Cc1ccc(N2CCCC(c3ccccc3)C2)cc1. The number of piperidine rings is 1. The van der Waals surface area contributed by atoms with E-state index in [0.717, 1.165) is 6.54 Å². The second-order valence-corrected chi connectivity index (χ2v) is 5.53. The Morgan fingerprint density at radius 2 is 1.68 bits per heavy atom. The molecule has 0 aliphatic carbocycles. The number of hydrogen-bond acceptors (Lipinski definition) is 1. The van der Waals surface area contributed by atoms with Crippen LogP contribution in [-0.4, -0.2) is 13.1 Å². The summed E-state index contributed by atoms with van der Waals surface area (Å²) in [5.74, 6) is 0.677. The normalized spacial score (nSPS) is 19.4. The van der Waals surface area contributed by atoms with Crippen molar-refractivity contribution in [3.8, 4) is 0 Å². The molecule has 0 spiro atoms. The zero-order valence-corrected chi connectivity index (χ0v) is 11.5. The van der Waals surface area contributed by atoms with Gasteiger partial charge in [0.1, 0.15) is 0 Å². The molecule has 1 atom stereocenters. The summed E-state index contributed by atoms with van der Waals surface area (Å²) in [6, 6.07) is 19.9. The lowest BCUT2D eigenvalue weighted by atomic mass is 9.90. The third kappa shape index (κ3) is 2.81. The van der Waals surface area contributed by atoms with Gasteiger partial charge in [-0.05, 0) is 37.5 Å². The molecule has 1 aliphatic heterocycles. The molecule has 1 nitrogen and oxygen atoms in total. The Morgan fingerprint density at radius 1 is 0.947 bits per heavy atom. The van der Waals surface area contributed by atoms with Crippen molar-refractivity contribution >= 4 is 5.69 Å². The van der Waals surface area contributed by atoms with Crippen LogP contribution < -0.4 is 4.90 Å². The fourth-order valence-corrected chi connectivity index (χ4v) is 2.96. The van der Waals surface area contributed by atoms with Crippen molar-refractivity contribution in [2.75, 3.05) is 18.0 Å². The Morgan fingerprint density at radius 3 is 2.42 bits per heavy atom. The minimum atomic E-state index is 0.677. The van der Waals surface area contributed by atoms with E-state index in [4.69, 9.17) is 0 Å². The van der Waals surface area contributed by atoms with Crippen LogP contribution in [0, 0.1) is 6.92 Å². The number of hydrogen-bond donors (Lipinski definition) is 0. The summed E-state index contributed by atoms with van der Waals surface area (Å²) in [7, 11) is 0. The van der Waals surface area contributed by atoms with E-state index in [9.17, 15) is 0 Å². The molecule has 3 rings (SSSR count). The molecule has 0 aromatic heterocycles. The molecule has 0 saturated carbocycles. The first-order chi connectivity index (χ1) is 9.33. The van der Waals surface area contributed by atoms with Gasteiger partial charge in [0.05, 0.1) is 0 Å². The maximum Gasteiger partial charge on any atom is 0.0366 e. The summed E-state index contributed by atoms with van der Waals surface area (Å²) >= 11 is 0. The Balaban J connectivity index is 1.76. The van der Waals surface area contributed by atoms with Crippen molar-refractivity contribution in [1.82, 2.24) is 0 Å². The van der Waals surface area contributed by atoms with Crippen LogP contribution in [0.15, 0.2) is 54.6 Å². The van der Waals surface area contributed by atoms with Gasteiger partial charge in [0.15, 0.2) is 0 Å². The van der Waals surface area contributed by atoms with Gasteiger partial charge in [-0.15, -0.1) is 0 Å². The Labute approximate surface area is 115 Å². The molecule has 0 radical (unpaired) electrons. The zero-order valence-electron chi connectivity index (χ0n) is 11.5. The predicted molar refractivity (Wildman–Crippen MR) is 81.8 cm³/mol. The van der Waals surface area contributed by atoms with Crippen LogP contribution in [0.1, 0.15) is 29.9 Å². The van der Waals surface area contributed by atoms with Crippen molar-refractivity contribution in [3.05, 3.63) is 65.7 Å². The molecular formula is C18H21N. The highest BCUT2D eigenvalue weighted by Gasteiger charge is 2.21. The zero-order chi connectivity index (χ0) is 13.1. The van der Waals surface area contributed by atoms with E-state index in [1.54, 1.807) is 0 Å². The topological polar surface area (TPSA) is 3.24 Å². The van der Waals surface area contributed by atoms with Gasteiger partial charge in [0, 0.05) is 24.7 Å². The lowest BCUT2D eigenvalue weighted by Gasteiger charge is -2.34. The van der Waals surface area contributed by atoms with E-state index in [1.165, 1.54) is 36.2 Å². The van der Waals surface area contributed by atoms with Gasteiger partial charge in [-0.1, -0.05) is 48.0 Å². The van der Waals surface area contributed by atoms with Crippen molar-refractivity contribution in [1.29, 1.82) is 0 Å². The van der Waals surface area contributed by atoms with Crippen molar-refractivity contribution in [2.45, 2.75) is 25.7 Å². The Bertz CT molecular complexity index is 515. The van der Waals surface area contributed by atoms with Crippen molar-refractivity contribution < 1.29 is 0 Å². The average molecular weight is 251 g/mol. The molecule has 98 valence electrons. The molecule has 1 aliphatic rings. The van der Waals surface area contributed by atoms with Crippen LogP contribution in [0.25, 0.3) is 0 Å². The summed E-state index contributed by atoms with van der Waals surface area (Å²) in [6.07, 6.45) is 2.60. The molecule has 1 heteroatoms. The fourth-order valence-electron chi connectivity index (χ4n) is 2.96. The van der Waals surface area contributed by atoms with Crippen LogP contribution in [-0.2, 0) is 0 Å². The lowest BCUT2D eigenvalue weighted by molar-refractivity contribution is 0.510. The van der Waals surface area contributed by atoms with E-state index >= 15 is 0 Å². The molecule has 0 amide bonds. The monoisotopic (exact) mass is 251 g/mol. The molecule has 2 aromatic rings. The average Bonchev–Trinajstić information content (AvgIpc) is 2.49. The van der Waals surface area contributed by atoms with E-state index in [0.29, 0.717) is 5.92 Å². The van der Waals surface area contributed by atoms with E-state index < -0.39 is 0 Å². The summed E-state index contributed by atoms with van der Waals surface area (Å²) < 4.78 is 0. The quantitative estimate of drug-likeness (QED) is 0.765. The first kappa shape index (κ1) is 12.3. The van der Waals surface area contributed by atoms with Crippen LogP contribution >= 0.6 is 0 Å². The van der Waals surface area contributed by atoms with Crippen molar-refractivity contribution in [2.24, 2.45) is 0 Å². The fraction of sp³-hybridized carbons (Fsp3) is 0.333. The molecule has 0 bridgehead atoms. The van der Waals surface area contributed by atoms with E-state index in [1.807, 2.05) is 0 Å². The number of anilines is 1. The first-order valence-electron chi connectivity index (χ1n) is 7.19. The minimum absolute atomic E-state index is 0.677. The number of aryl methyl sites for hydroxylation is 1. The third-order valence-corrected chi connectivity index (χ3v) is 4.09. The number of rotatable bonds is 2. The Kier molecular flexibility index (Phi) is 3.54. The van der Waals surface area contributed by atoms with Gasteiger partial charge in [-0.25, -0.2) is 0 Å². The highest BCUT2D eigenvalue weighted by molar-refractivity contribution is 5.48. The highest BCUT2D eigenvalue weighted by Crippen LogP contribution is 2.29. The largest absolute Gasteiger partial charge is 0.371 e. The standard InChI is InChI=1S/C18H21N/c1-15-9-11-18(12-10-15)19-13-5-8-17(14-19)16-6-3-2-4-7-16/h2-4,6-7,9-12,17H,5,8,13-14H2,1H3. The number of nitrogens with zero attached hydrogens (tertiary/aromatic N) is 1. The minimum Gasteiger partial charge on any atom is -0.371 e. The van der Waals surface area contributed by atoms with Crippen LogP contribution in [0.3, 0.4) is 0 Å². The van der Waals surface area contributed by atoms with Crippen LogP contribution in [0.2, 0.25) is 0 Å². The lowest BCUT2D eigenvalue weighted by Crippen LogP contribution is -2.34. The summed E-state index contributed by atoms with van der Waals surface area (Å²) in [6.45, 7) is 4.48. The van der Waals surface area contributed by atoms with E-state index in [-0.39, 0.29) is 0 Å². The molecule has 1 unspecified atom stereocenters. The van der Waals surface area contributed by atoms with Gasteiger partial charge in [0.2, 0.25) is 0 Å². The summed E-state index contributed by atoms with van der Waals surface area (Å²) in [5, 5.41) is 0.